The molecule has 0 aliphatic carbocycles. The number of nitrogens with one attached hydrogen (secondary N) is 2. The number of carbonyl (C=O) groups is 5. The van der Waals surface area contributed by atoms with E-state index >= 15 is 0 Å². The Balaban J connectivity index is 3.45. The molecule has 0 aromatic heterocycles. The average molecular weight is 533 g/mol. The lowest BCUT2D eigenvalue weighted by Gasteiger charge is -2.34. The summed E-state index contributed by atoms with van der Waals surface area (Å²) in [6.07, 6.45) is -0.0661. The van der Waals surface area contributed by atoms with Gasteiger partial charge in [-0.3, -0.25) is 19.2 Å². The first-order valence-corrected chi connectivity index (χ1v) is 12.4. The van der Waals surface area contributed by atoms with Crippen molar-refractivity contribution >= 4 is 29.8 Å². The zero-order valence-corrected chi connectivity index (χ0v) is 23.1. The quantitative estimate of drug-likeness (QED) is 0.260. The predicted octanol–water partition coefficient (Wildman–Crippen LogP) is 2.20. The first-order valence-electron chi connectivity index (χ1n) is 12.4. The Morgan fingerprint density at radius 3 is 2.37 bits per heavy atom. The normalized spacial score (nSPS) is 12.5. The molecule has 11 heteroatoms. The van der Waals surface area contributed by atoms with Crippen LogP contribution >= 0.6 is 0 Å². The van der Waals surface area contributed by atoms with E-state index in [1.807, 2.05) is 19.1 Å². The lowest BCUT2D eigenvalue weighted by molar-refractivity contribution is -0.144. The highest BCUT2D eigenvalue weighted by Crippen LogP contribution is 2.27. The molecule has 1 rings (SSSR count). The Hall–Kier alpha value is -3.89. The van der Waals surface area contributed by atoms with E-state index in [1.165, 1.54) is 11.0 Å². The third-order valence-corrected chi connectivity index (χ3v) is 5.23. The van der Waals surface area contributed by atoms with Crippen LogP contribution in [0.1, 0.15) is 63.3 Å². The number of rotatable bonds is 13. The molecule has 2 unspecified atom stereocenters. The van der Waals surface area contributed by atoms with Crippen LogP contribution in [0.2, 0.25) is 0 Å². The van der Waals surface area contributed by atoms with Crippen LogP contribution in [-0.4, -0.2) is 66.0 Å². The van der Waals surface area contributed by atoms with Gasteiger partial charge >= 0.3 is 12.1 Å². The van der Waals surface area contributed by atoms with Crippen molar-refractivity contribution in [3.05, 3.63) is 47.5 Å². The molecule has 0 aliphatic rings. The largest absolute Gasteiger partial charge is 0.466 e. The van der Waals surface area contributed by atoms with Gasteiger partial charge in [0.2, 0.25) is 17.7 Å². The third kappa shape index (κ3) is 10.6. The van der Waals surface area contributed by atoms with Gasteiger partial charge in [0.15, 0.2) is 0 Å². The van der Waals surface area contributed by atoms with Gasteiger partial charge in [0.05, 0.1) is 19.4 Å². The van der Waals surface area contributed by atoms with Crippen molar-refractivity contribution in [3.63, 3.8) is 0 Å². The molecule has 38 heavy (non-hydrogen) atoms. The van der Waals surface area contributed by atoms with E-state index in [0.717, 1.165) is 11.1 Å². The Bertz CT molecular complexity index is 1030. The number of esters is 1. The lowest BCUT2D eigenvalue weighted by Crippen LogP contribution is -2.54. The second-order valence-electron chi connectivity index (χ2n) is 9.76. The summed E-state index contributed by atoms with van der Waals surface area (Å²) in [5.41, 5.74) is 6.63. The predicted molar refractivity (Wildman–Crippen MR) is 142 cm³/mol. The minimum absolute atomic E-state index is 0.0178. The zero-order valence-electron chi connectivity index (χ0n) is 23.1. The summed E-state index contributed by atoms with van der Waals surface area (Å²) in [6.45, 7) is 14.1. The second-order valence-corrected chi connectivity index (χ2v) is 9.76. The summed E-state index contributed by atoms with van der Waals surface area (Å²) in [5, 5.41) is 5.10. The first kappa shape index (κ1) is 32.1. The number of hydrogen-bond donors (Lipinski definition) is 3. The van der Waals surface area contributed by atoms with Crippen molar-refractivity contribution in [2.24, 2.45) is 5.73 Å². The van der Waals surface area contributed by atoms with Crippen LogP contribution in [0.3, 0.4) is 0 Å². The van der Waals surface area contributed by atoms with Crippen LogP contribution < -0.4 is 16.4 Å². The molecule has 0 radical (unpaired) electrons. The molecule has 210 valence electrons. The van der Waals surface area contributed by atoms with Gasteiger partial charge in [0.1, 0.15) is 17.7 Å². The fourth-order valence-corrected chi connectivity index (χ4v) is 3.64. The molecule has 0 heterocycles. The van der Waals surface area contributed by atoms with Crippen LogP contribution in [0.15, 0.2) is 30.9 Å². The molecular formula is C27H40N4O7. The van der Waals surface area contributed by atoms with E-state index in [2.05, 4.69) is 17.2 Å². The smallest absolute Gasteiger partial charge is 0.408 e. The molecule has 0 aliphatic heterocycles. The molecule has 4 N–H and O–H groups in total. The molecule has 0 bridgehead atoms. The van der Waals surface area contributed by atoms with Gasteiger partial charge in [-0.1, -0.05) is 29.8 Å². The van der Waals surface area contributed by atoms with Crippen LogP contribution in [-0.2, 0) is 28.7 Å². The summed E-state index contributed by atoms with van der Waals surface area (Å²) in [5.74, 6) is -2.60. The number of nitrogens with zero attached hydrogens (tertiary/aromatic N) is 1. The van der Waals surface area contributed by atoms with Crippen molar-refractivity contribution in [2.75, 3.05) is 19.7 Å². The molecule has 0 spiro atoms. The number of alkyl carbamates (subject to hydrolysis) is 1. The maximum absolute atomic E-state index is 13.8. The molecule has 0 saturated carbocycles. The molecule has 11 nitrogen and oxygen atoms in total. The number of aryl methyl sites for hydroxylation is 2. The van der Waals surface area contributed by atoms with E-state index in [1.54, 1.807) is 40.7 Å². The van der Waals surface area contributed by atoms with E-state index in [-0.39, 0.29) is 26.1 Å². The van der Waals surface area contributed by atoms with Gasteiger partial charge in [0.25, 0.3) is 0 Å². The van der Waals surface area contributed by atoms with Gasteiger partial charge in [0, 0.05) is 13.1 Å². The van der Waals surface area contributed by atoms with Crippen LogP contribution in [0.25, 0.3) is 0 Å². The first-order chi connectivity index (χ1) is 17.7. The summed E-state index contributed by atoms with van der Waals surface area (Å²) in [6, 6.07) is 2.90. The Morgan fingerprint density at radius 1 is 1.16 bits per heavy atom. The Labute approximate surface area is 224 Å². The van der Waals surface area contributed by atoms with E-state index in [9.17, 15) is 24.0 Å². The summed E-state index contributed by atoms with van der Waals surface area (Å²) in [7, 11) is 0. The monoisotopic (exact) mass is 532 g/mol. The highest BCUT2D eigenvalue weighted by Gasteiger charge is 2.37. The molecule has 1 aromatic rings. The number of nitrogens with two attached hydrogens (primary N) is 1. The van der Waals surface area contributed by atoms with Crippen LogP contribution in [0.4, 0.5) is 4.79 Å². The fourth-order valence-electron chi connectivity index (χ4n) is 3.64. The van der Waals surface area contributed by atoms with Crippen LogP contribution in [0, 0.1) is 13.8 Å². The zero-order chi connectivity index (χ0) is 29.0. The molecule has 2 atom stereocenters. The summed E-state index contributed by atoms with van der Waals surface area (Å²) < 4.78 is 10.2. The van der Waals surface area contributed by atoms with Gasteiger partial charge in [-0.15, -0.1) is 6.58 Å². The van der Waals surface area contributed by atoms with Crippen molar-refractivity contribution in [3.8, 4) is 0 Å². The van der Waals surface area contributed by atoms with Crippen molar-refractivity contribution in [1.29, 1.82) is 0 Å². The molecular weight excluding hydrogens is 492 g/mol. The topological polar surface area (TPSA) is 157 Å². The number of carbonyl (C=O) groups excluding carboxylic acids is 5. The minimum atomic E-state index is -1.40. The number of ether oxygens (including phenoxy) is 2. The van der Waals surface area contributed by atoms with Crippen molar-refractivity contribution < 1.29 is 33.4 Å². The highest BCUT2D eigenvalue weighted by molar-refractivity contribution is 5.94. The van der Waals surface area contributed by atoms with Gasteiger partial charge in [-0.25, -0.2) is 4.79 Å². The number of primary amides is 1. The number of benzene rings is 1. The number of amides is 4. The van der Waals surface area contributed by atoms with E-state index < -0.39 is 53.9 Å². The summed E-state index contributed by atoms with van der Waals surface area (Å²) >= 11 is 0. The van der Waals surface area contributed by atoms with Gasteiger partial charge in [-0.2, -0.15) is 0 Å². The summed E-state index contributed by atoms with van der Waals surface area (Å²) in [4.78, 5) is 64.6. The van der Waals surface area contributed by atoms with E-state index in [4.69, 9.17) is 15.2 Å². The highest BCUT2D eigenvalue weighted by atomic mass is 16.6. The van der Waals surface area contributed by atoms with Gasteiger partial charge in [-0.05, 0) is 52.7 Å². The maximum atomic E-state index is 13.8. The number of hydrogen-bond acceptors (Lipinski definition) is 7. The third-order valence-electron chi connectivity index (χ3n) is 5.23. The minimum Gasteiger partial charge on any atom is -0.466 e. The SMILES string of the molecule is C=CCN(C(=O)C(CC(N)=O)NC(=O)OC(C)(C)C)C(C(=O)NCCC(=O)OCC)c1cc(C)ccc1C. The van der Waals surface area contributed by atoms with Gasteiger partial charge < -0.3 is 30.7 Å². The van der Waals surface area contributed by atoms with Crippen molar-refractivity contribution in [2.45, 2.75) is 72.1 Å². The fraction of sp³-hybridized carbons (Fsp3) is 0.519. The molecule has 0 fully saturated rings. The van der Waals surface area contributed by atoms with Crippen LogP contribution in [0.5, 0.6) is 0 Å². The molecule has 4 amide bonds. The standard InChI is InChI=1S/C27H40N4O7/c1-8-14-31(25(35)20(16-21(28)32)30-26(36)38-27(5,6)7)23(19-15-17(3)10-11-18(19)4)24(34)29-13-12-22(33)37-9-2/h8,10-11,15,20,23H,1,9,12-14,16H2,2-7H3,(H2,28,32)(H,29,34)(H,30,36). The van der Waals surface area contributed by atoms with Crippen molar-refractivity contribution in [1.82, 2.24) is 15.5 Å². The lowest BCUT2D eigenvalue weighted by atomic mass is 9.96. The molecule has 0 saturated heterocycles. The Morgan fingerprint density at radius 2 is 1.82 bits per heavy atom. The average Bonchev–Trinajstić information content (AvgIpc) is 2.78. The Kier molecular flexibility index (Phi) is 12.5. The van der Waals surface area contributed by atoms with E-state index in [0.29, 0.717) is 5.56 Å². The second kappa shape index (κ2) is 14.7. The maximum Gasteiger partial charge on any atom is 0.408 e. The molecule has 1 aromatic carbocycles.